The highest BCUT2D eigenvalue weighted by Crippen LogP contribution is 2.38. The Hall–Kier alpha value is -3.86. The summed E-state index contributed by atoms with van der Waals surface area (Å²) in [7, 11) is 1.32. The molecule has 3 aromatic carbocycles. The number of ketones is 1. The SMILES string of the molecule is COC(=O)C(/C(=C\c1ccccc1)C(=O)c1ccc(C)cc1)c1ccc2c(c1)OCO2. The van der Waals surface area contributed by atoms with E-state index in [9.17, 15) is 9.59 Å². The molecule has 0 saturated carbocycles. The number of fused-ring (bicyclic) bond motifs is 1. The van der Waals surface area contributed by atoms with E-state index in [1.54, 1.807) is 36.4 Å². The molecule has 3 aromatic rings. The molecule has 0 aliphatic carbocycles. The summed E-state index contributed by atoms with van der Waals surface area (Å²) in [6.07, 6.45) is 1.74. The van der Waals surface area contributed by atoms with Crippen molar-refractivity contribution in [2.75, 3.05) is 13.9 Å². The summed E-state index contributed by atoms with van der Waals surface area (Å²) in [5, 5.41) is 0. The number of aryl methyl sites for hydroxylation is 1. The summed E-state index contributed by atoms with van der Waals surface area (Å²) >= 11 is 0. The molecule has 0 amide bonds. The average molecular weight is 414 g/mol. The van der Waals surface area contributed by atoms with Gasteiger partial charge in [-0.3, -0.25) is 9.59 Å². The maximum Gasteiger partial charge on any atom is 0.317 e. The summed E-state index contributed by atoms with van der Waals surface area (Å²) in [6.45, 7) is 2.08. The van der Waals surface area contributed by atoms with Crippen molar-refractivity contribution in [3.63, 3.8) is 0 Å². The highest BCUT2D eigenvalue weighted by atomic mass is 16.7. The van der Waals surface area contributed by atoms with Crippen LogP contribution in [0.1, 0.15) is 33.0 Å². The van der Waals surface area contributed by atoms with Crippen LogP contribution >= 0.6 is 0 Å². The average Bonchev–Trinajstić information content (AvgIpc) is 3.27. The first kappa shape index (κ1) is 20.4. The molecule has 0 saturated heterocycles. The van der Waals surface area contributed by atoms with Gasteiger partial charge in [-0.25, -0.2) is 0 Å². The lowest BCUT2D eigenvalue weighted by atomic mass is 9.85. The van der Waals surface area contributed by atoms with Crippen molar-refractivity contribution in [3.8, 4) is 11.5 Å². The van der Waals surface area contributed by atoms with Crippen molar-refractivity contribution in [2.45, 2.75) is 12.8 Å². The van der Waals surface area contributed by atoms with Crippen molar-refractivity contribution in [3.05, 3.63) is 101 Å². The molecule has 1 atom stereocenters. The molecule has 1 heterocycles. The molecule has 0 N–H and O–H groups in total. The maximum atomic E-state index is 13.6. The van der Waals surface area contributed by atoms with Gasteiger partial charge < -0.3 is 14.2 Å². The molecular weight excluding hydrogens is 392 g/mol. The van der Waals surface area contributed by atoms with Gasteiger partial charge in [0, 0.05) is 11.1 Å². The Balaban J connectivity index is 1.86. The Bertz CT molecular complexity index is 1130. The molecule has 5 nitrogen and oxygen atoms in total. The van der Waals surface area contributed by atoms with Crippen LogP contribution < -0.4 is 9.47 Å². The highest BCUT2D eigenvalue weighted by molar-refractivity contribution is 6.15. The van der Waals surface area contributed by atoms with E-state index in [-0.39, 0.29) is 12.6 Å². The third-order valence-electron chi connectivity index (χ3n) is 5.18. The first-order valence-corrected chi connectivity index (χ1v) is 9.92. The number of methoxy groups -OCH3 is 1. The van der Waals surface area contributed by atoms with Crippen LogP contribution in [-0.2, 0) is 9.53 Å². The molecule has 1 aliphatic rings. The standard InChI is InChI=1S/C26H22O5/c1-17-8-10-19(11-9-17)25(27)21(14-18-6-4-3-5-7-18)24(26(28)29-2)20-12-13-22-23(15-20)31-16-30-22/h3-15,24H,16H2,1-2H3/b21-14+. The van der Waals surface area contributed by atoms with Gasteiger partial charge in [-0.1, -0.05) is 66.2 Å². The molecule has 0 spiro atoms. The summed E-state index contributed by atoms with van der Waals surface area (Å²) < 4.78 is 16.0. The van der Waals surface area contributed by atoms with E-state index in [2.05, 4.69) is 0 Å². The summed E-state index contributed by atoms with van der Waals surface area (Å²) in [4.78, 5) is 26.5. The summed E-state index contributed by atoms with van der Waals surface area (Å²) in [5.41, 5.74) is 3.28. The molecular formula is C26H22O5. The van der Waals surface area contributed by atoms with E-state index in [1.807, 2.05) is 49.4 Å². The van der Waals surface area contributed by atoms with Gasteiger partial charge in [-0.05, 0) is 36.3 Å². The summed E-state index contributed by atoms with van der Waals surface area (Å²) in [6, 6.07) is 21.9. The topological polar surface area (TPSA) is 61.8 Å². The summed E-state index contributed by atoms with van der Waals surface area (Å²) in [5.74, 6) is -0.550. The van der Waals surface area contributed by atoms with Crippen molar-refractivity contribution in [1.82, 2.24) is 0 Å². The highest BCUT2D eigenvalue weighted by Gasteiger charge is 2.32. The number of benzene rings is 3. The van der Waals surface area contributed by atoms with E-state index in [0.717, 1.165) is 11.1 Å². The number of Topliss-reactive ketones (excluding diaryl/α,β-unsaturated/α-hetero) is 1. The quantitative estimate of drug-likeness (QED) is 0.325. The fourth-order valence-electron chi connectivity index (χ4n) is 3.53. The Morgan fingerprint density at radius 2 is 1.65 bits per heavy atom. The lowest BCUT2D eigenvalue weighted by molar-refractivity contribution is -0.141. The van der Waals surface area contributed by atoms with Crippen LogP contribution in [0, 0.1) is 6.92 Å². The minimum absolute atomic E-state index is 0.122. The third-order valence-corrected chi connectivity index (χ3v) is 5.18. The second-order valence-corrected chi connectivity index (χ2v) is 7.27. The van der Waals surface area contributed by atoms with Gasteiger partial charge in [0.25, 0.3) is 0 Å². The predicted molar refractivity (Wildman–Crippen MR) is 117 cm³/mol. The van der Waals surface area contributed by atoms with Crippen molar-refractivity contribution in [1.29, 1.82) is 0 Å². The zero-order valence-corrected chi connectivity index (χ0v) is 17.3. The third kappa shape index (κ3) is 4.36. The Morgan fingerprint density at radius 3 is 2.35 bits per heavy atom. The smallest absolute Gasteiger partial charge is 0.317 e. The molecule has 1 unspecified atom stereocenters. The molecule has 31 heavy (non-hydrogen) atoms. The normalized spacial score (nSPS) is 13.5. The second-order valence-electron chi connectivity index (χ2n) is 7.27. The minimum atomic E-state index is -0.923. The first-order chi connectivity index (χ1) is 15.1. The fraction of sp³-hybridized carbons (Fsp3) is 0.154. The molecule has 4 rings (SSSR count). The number of rotatable bonds is 6. The molecule has 0 radical (unpaired) electrons. The van der Waals surface area contributed by atoms with Gasteiger partial charge in [0.1, 0.15) is 5.92 Å². The van der Waals surface area contributed by atoms with Gasteiger partial charge in [-0.15, -0.1) is 0 Å². The Labute approximate surface area is 180 Å². The number of carbonyl (C=O) groups is 2. The van der Waals surface area contributed by atoms with Crippen LogP contribution in [0.15, 0.2) is 78.4 Å². The molecule has 0 bridgehead atoms. The van der Waals surface area contributed by atoms with Crippen molar-refractivity contribution >= 4 is 17.8 Å². The van der Waals surface area contributed by atoms with Gasteiger partial charge in [0.2, 0.25) is 6.79 Å². The van der Waals surface area contributed by atoms with E-state index < -0.39 is 11.9 Å². The number of esters is 1. The predicted octanol–water partition coefficient (Wildman–Crippen LogP) is 4.95. The largest absolute Gasteiger partial charge is 0.468 e. The van der Waals surface area contributed by atoms with Crippen LogP contribution in [0.5, 0.6) is 11.5 Å². The van der Waals surface area contributed by atoms with Gasteiger partial charge in [0.15, 0.2) is 17.3 Å². The number of carbonyl (C=O) groups excluding carboxylic acids is 2. The van der Waals surface area contributed by atoms with Crippen molar-refractivity contribution in [2.24, 2.45) is 0 Å². The lowest BCUT2D eigenvalue weighted by Gasteiger charge is -2.19. The molecule has 5 heteroatoms. The Morgan fingerprint density at radius 1 is 0.935 bits per heavy atom. The molecule has 0 fully saturated rings. The second kappa shape index (κ2) is 8.88. The molecule has 0 aromatic heterocycles. The minimum Gasteiger partial charge on any atom is -0.468 e. The zero-order valence-electron chi connectivity index (χ0n) is 17.3. The van der Waals surface area contributed by atoms with Crippen molar-refractivity contribution < 1.29 is 23.8 Å². The van der Waals surface area contributed by atoms with E-state index in [1.165, 1.54) is 7.11 Å². The van der Waals surface area contributed by atoms with E-state index in [4.69, 9.17) is 14.2 Å². The number of hydrogen-bond donors (Lipinski definition) is 0. The Kier molecular flexibility index (Phi) is 5.85. The van der Waals surface area contributed by atoms with Crippen LogP contribution in [0.4, 0.5) is 0 Å². The number of hydrogen-bond acceptors (Lipinski definition) is 5. The van der Waals surface area contributed by atoms with E-state index in [0.29, 0.717) is 28.2 Å². The van der Waals surface area contributed by atoms with Gasteiger partial charge >= 0.3 is 5.97 Å². The van der Waals surface area contributed by atoms with Gasteiger partial charge in [0.05, 0.1) is 7.11 Å². The maximum absolute atomic E-state index is 13.6. The number of ether oxygens (including phenoxy) is 3. The fourth-order valence-corrected chi connectivity index (χ4v) is 3.53. The molecule has 156 valence electrons. The van der Waals surface area contributed by atoms with Gasteiger partial charge in [-0.2, -0.15) is 0 Å². The van der Waals surface area contributed by atoms with Crippen LogP contribution in [-0.4, -0.2) is 25.7 Å². The first-order valence-electron chi connectivity index (χ1n) is 9.92. The monoisotopic (exact) mass is 414 g/mol. The van der Waals surface area contributed by atoms with Crippen LogP contribution in [0.2, 0.25) is 0 Å². The van der Waals surface area contributed by atoms with E-state index >= 15 is 0 Å². The van der Waals surface area contributed by atoms with Crippen LogP contribution in [0.25, 0.3) is 6.08 Å². The molecule has 1 aliphatic heterocycles. The lowest BCUT2D eigenvalue weighted by Crippen LogP contribution is -2.21. The van der Waals surface area contributed by atoms with Crippen LogP contribution in [0.3, 0.4) is 0 Å². The zero-order chi connectivity index (χ0) is 21.8.